The highest BCUT2D eigenvalue weighted by atomic mass is 16.4. The summed E-state index contributed by atoms with van der Waals surface area (Å²) in [5.74, 6) is -0.971. The number of carbonyl (C=O) groups is 1. The van der Waals surface area contributed by atoms with Gasteiger partial charge < -0.3 is 15.7 Å². The number of anilines is 2. The van der Waals surface area contributed by atoms with Crippen molar-refractivity contribution in [1.29, 1.82) is 0 Å². The van der Waals surface area contributed by atoms with Crippen LogP contribution in [0.5, 0.6) is 0 Å². The van der Waals surface area contributed by atoms with Crippen molar-refractivity contribution in [3.8, 4) is 0 Å². The van der Waals surface area contributed by atoms with Gasteiger partial charge in [-0.3, -0.25) is 0 Å². The van der Waals surface area contributed by atoms with Crippen LogP contribution >= 0.6 is 0 Å². The molecule has 4 heteroatoms. The summed E-state index contributed by atoms with van der Waals surface area (Å²) in [7, 11) is 1.97. The van der Waals surface area contributed by atoms with Crippen molar-refractivity contribution in [2.75, 3.05) is 17.7 Å². The van der Waals surface area contributed by atoms with Crippen molar-refractivity contribution in [1.82, 2.24) is 0 Å². The minimum atomic E-state index is -0.971. The van der Waals surface area contributed by atoms with Crippen LogP contribution in [0.3, 0.4) is 0 Å². The lowest BCUT2D eigenvalue weighted by atomic mass is 9.91. The summed E-state index contributed by atoms with van der Waals surface area (Å²) < 4.78 is 0. The second kappa shape index (κ2) is 4.04. The Hall–Kier alpha value is -1.71. The van der Waals surface area contributed by atoms with E-state index in [9.17, 15) is 4.79 Å². The summed E-state index contributed by atoms with van der Waals surface area (Å²) in [5.41, 5.74) is 7.25. The zero-order valence-corrected chi connectivity index (χ0v) is 9.31. The Bertz CT molecular complexity index is 413. The molecule has 1 aliphatic carbocycles. The summed E-state index contributed by atoms with van der Waals surface area (Å²) in [6.07, 6.45) is 3.56. The van der Waals surface area contributed by atoms with E-state index in [1.807, 2.05) is 13.1 Å². The van der Waals surface area contributed by atoms with Gasteiger partial charge in [-0.2, -0.15) is 0 Å². The Balaban J connectivity index is 2.33. The highest BCUT2D eigenvalue weighted by molar-refractivity contribution is 5.97. The van der Waals surface area contributed by atoms with Gasteiger partial charge in [0, 0.05) is 13.1 Å². The van der Waals surface area contributed by atoms with Crippen molar-refractivity contribution in [2.45, 2.75) is 25.3 Å². The molecule has 0 atom stereocenters. The normalized spacial score (nSPS) is 15.6. The van der Waals surface area contributed by atoms with Crippen molar-refractivity contribution in [2.24, 2.45) is 0 Å². The lowest BCUT2D eigenvalue weighted by Crippen LogP contribution is -2.37. The van der Waals surface area contributed by atoms with E-state index in [0.717, 1.165) is 18.5 Å². The molecule has 0 bridgehead atoms. The maximum atomic E-state index is 11.0. The molecule has 16 heavy (non-hydrogen) atoms. The van der Waals surface area contributed by atoms with Gasteiger partial charge in [-0.05, 0) is 31.4 Å². The van der Waals surface area contributed by atoms with Crippen LogP contribution < -0.4 is 10.6 Å². The van der Waals surface area contributed by atoms with Crippen LogP contribution in [0.25, 0.3) is 0 Å². The molecule has 3 N–H and O–H groups in total. The van der Waals surface area contributed by atoms with Gasteiger partial charge in [0.25, 0.3) is 0 Å². The summed E-state index contributed by atoms with van der Waals surface area (Å²) in [6, 6.07) is 5.66. The van der Waals surface area contributed by atoms with Crippen LogP contribution in [0.15, 0.2) is 18.2 Å². The molecule has 0 aromatic heterocycles. The van der Waals surface area contributed by atoms with Crippen molar-refractivity contribution in [3.05, 3.63) is 23.8 Å². The average Bonchev–Trinajstić information content (AvgIpc) is 2.14. The second-order valence-corrected chi connectivity index (χ2v) is 4.24. The number of aromatic carboxylic acids is 1. The largest absolute Gasteiger partial charge is 0.478 e. The number of nitrogens with zero attached hydrogens (tertiary/aromatic N) is 1. The zero-order valence-electron chi connectivity index (χ0n) is 9.31. The van der Waals surface area contributed by atoms with Gasteiger partial charge in [-0.15, -0.1) is 0 Å². The van der Waals surface area contributed by atoms with Gasteiger partial charge in [0.15, 0.2) is 0 Å². The number of hydrogen-bond acceptors (Lipinski definition) is 3. The molecule has 0 unspecified atom stereocenters. The van der Waals surface area contributed by atoms with Gasteiger partial charge in [0.2, 0.25) is 0 Å². The van der Waals surface area contributed by atoms with Gasteiger partial charge in [-0.25, -0.2) is 4.79 Å². The molecule has 4 nitrogen and oxygen atoms in total. The molecule has 0 radical (unpaired) electrons. The standard InChI is InChI=1S/C12H16N2O2/c1-14(8-4-2-5-8)10-7-3-6-9(11(10)13)12(15)16/h3,6-8H,2,4-5,13H2,1H3,(H,15,16). The Kier molecular flexibility index (Phi) is 2.73. The highest BCUT2D eigenvalue weighted by Crippen LogP contribution is 2.33. The van der Waals surface area contributed by atoms with E-state index < -0.39 is 5.97 Å². The molecular weight excluding hydrogens is 204 g/mol. The second-order valence-electron chi connectivity index (χ2n) is 4.24. The minimum Gasteiger partial charge on any atom is -0.478 e. The van der Waals surface area contributed by atoms with Gasteiger partial charge >= 0.3 is 5.97 Å². The topological polar surface area (TPSA) is 66.6 Å². The molecule has 1 aromatic rings. The van der Waals surface area contributed by atoms with E-state index in [1.54, 1.807) is 6.07 Å². The van der Waals surface area contributed by atoms with Gasteiger partial charge in [0.05, 0.1) is 16.9 Å². The lowest BCUT2D eigenvalue weighted by molar-refractivity contribution is 0.0698. The first kappa shape index (κ1) is 10.8. The maximum absolute atomic E-state index is 11.0. The van der Waals surface area contributed by atoms with Crippen LogP contribution in [-0.2, 0) is 0 Å². The number of rotatable bonds is 3. The van der Waals surface area contributed by atoms with E-state index in [0.29, 0.717) is 11.7 Å². The van der Waals surface area contributed by atoms with E-state index in [1.165, 1.54) is 12.5 Å². The summed E-state index contributed by atoms with van der Waals surface area (Å²) >= 11 is 0. The number of nitrogen functional groups attached to an aromatic ring is 1. The number of carboxylic acids is 1. The molecule has 1 saturated carbocycles. The van der Waals surface area contributed by atoms with Gasteiger partial charge in [0.1, 0.15) is 0 Å². The van der Waals surface area contributed by atoms with Gasteiger partial charge in [-0.1, -0.05) is 6.07 Å². The molecule has 1 aromatic carbocycles. The summed E-state index contributed by atoms with van der Waals surface area (Å²) in [4.78, 5) is 13.0. The third-order valence-corrected chi connectivity index (χ3v) is 3.32. The Morgan fingerprint density at radius 3 is 2.69 bits per heavy atom. The average molecular weight is 220 g/mol. The SMILES string of the molecule is CN(c1cccc(C(=O)O)c1N)C1CCC1. The van der Waals surface area contributed by atoms with E-state index >= 15 is 0 Å². The zero-order chi connectivity index (χ0) is 11.7. The summed E-state index contributed by atoms with van der Waals surface area (Å²) in [5, 5.41) is 8.98. The number of nitrogens with two attached hydrogens (primary N) is 1. The van der Waals surface area contributed by atoms with Crippen LogP contribution in [0, 0.1) is 0 Å². The molecule has 86 valence electrons. The summed E-state index contributed by atoms with van der Waals surface area (Å²) in [6.45, 7) is 0. The smallest absolute Gasteiger partial charge is 0.337 e. The lowest BCUT2D eigenvalue weighted by Gasteiger charge is -2.37. The number of hydrogen-bond donors (Lipinski definition) is 2. The molecular formula is C12H16N2O2. The predicted octanol–water partition coefficient (Wildman–Crippen LogP) is 1.96. The van der Waals surface area contributed by atoms with Crippen LogP contribution in [0.1, 0.15) is 29.6 Å². The van der Waals surface area contributed by atoms with Crippen molar-refractivity contribution < 1.29 is 9.90 Å². The first-order valence-electron chi connectivity index (χ1n) is 5.46. The third kappa shape index (κ3) is 1.71. The first-order chi connectivity index (χ1) is 7.61. The van der Waals surface area contributed by atoms with Crippen LogP contribution in [0.2, 0.25) is 0 Å². The fraction of sp³-hybridized carbons (Fsp3) is 0.417. The number of benzene rings is 1. The molecule has 0 amide bonds. The Labute approximate surface area is 94.7 Å². The quantitative estimate of drug-likeness (QED) is 0.764. The fourth-order valence-corrected chi connectivity index (χ4v) is 2.02. The molecule has 0 saturated heterocycles. The molecule has 0 spiro atoms. The monoisotopic (exact) mass is 220 g/mol. The molecule has 1 fully saturated rings. The number of para-hydroxylation sites is 1. The van der Waals surface area contributed by atoms with Crippen LogP contribution in [-0.4, -0.2) is 24.2 Å². The molecule has 1 aliphatic rings. The first-order valence-corrected chi connectivity index (χ1v) is 5.46. The Morgan fingerprint density at radius 2 is 2.19 bits per heavy atom. The van der Waals surface area contributed by atoms with E-state index in [2.05, 4.69) is 4.90 Å². The maximum Gasteiger partial charge on any atom is 0.337 e. The third-order valence-electron chi connectivity index (χ3n) is 3.32. The van der Waals surface area contributed by atoms with E-state index in [-0.39, 0.29) is 5.56 Å². The Morgan fingerprint density at radius 1 is 1.50 bits per heavy atom. The minimum absolute atomic E-state index is 0.184. The fourth-order valence-electron chi connectivity index (χ4n) is 2.02. The van der Waals surface area contributed by atoms with Crippen LogP contribution in [0.4, 0.5) is 11.4 Å². The predicted molar refractivity (Wildman–Crippen MR) is 63.9 cm³/mol. The molecule has 2 rings (SSSR count). The molecule has 0 aliphatic heterocycles. The highest BCUT2D eigenvalue weighted by Gasteiger charge is 2.24. The van der Waals surface area contributed by atoms with Crippen molar-refractivity contribution in [3.63, 3.8) is 0 Å². The van der Waals surface area contributed by atoms with Crippen molar-refractivity contribution >= 4 is 17.3 Å². The van der Waals surface area contributed by atoms with E-state index in [4.69, 9.17) is 10.8 Å². The number of carboxylic acid groups (broad SMARTS) is 1. The molecule has 0 heterocycles.